The van der Waals surface area contributed by atoms with Gasteiger partial charge in [0.1, 0.15) is 11.6 Å². The first-order valence-corrected chi connectivity index (χ1v) is 7.53. The van der Waals surface area contributed by atoms with Gasteiger partial charge in [-0.3, -0.25) is 4.79 Å². The van der Waals surface area contributed by atoms with E-state index in [0.717, 1.165) is 29.9 Å². The summed E-state index contributed by atoms with van der Waals surface area (Å²) >= 11 is 0. The molecular formula is C15H17N5O2. The quantitative estimate of drug-likeness (QED) is 0.926. The molecule has 0 atom stereocenters. The van der Waals surface area contributed by atoms with Crippen LogP contribution < -0.4 is 5.32 Å². The minimum atomic E-state index is -0.0795. The number of anilines is 1. The first-order chi connectivity index (χ1) is 10.7. The average molecular weight is 299 g/mol. The maximum atomic E-state index is 12.6. The monoisotopic (exact) mass is 299 g/mol. The number of hydrogen-bond donors (Lipinski definition) is 1. The molecule has 1 amide bonds. The number of hydrogen-bond acceptors (Lipinski definition) is 6. The van der Waals surface area contributed by atoms with Gasteiger partial charge in [0.25, 0.3) is 5.91 Å². The Bertz CT molecular complexity index is 722. The summed E-state index contributed by atoms with van der Waals surface area (Å²) < 4.78 is 5.28. The summed E-state index contributed by atoms with van der Waals surface area (Å²) in [5.41, 5.74) is 2.40. The van der Waals surface area contributed by atoms with E-state index in [9.17, 15) is 4.79 Å². The van der Waals surface area contributed by atoms with E-state index in [1.54, 1.807) is 18.0 Å². The van der Waals surface area contributed by atoms with Gasteiger partial charge in [0.05, 0.1) is 5.69 Å². The van der Waals surface area contributed by atoms with Crippen molar-refractivity contribution >= 4 is 11.7 Å². The fourth-order valence-corrected chi connectivity index (χ4v) is 2.74. The number of rotatable bonds is 3. The normalized spacial score (nSPS) is 17.2. The highest BCUT2D eigenvalue weighted by Gasteiger charge is 2.30. The van der Waals surface area contributed by atoms with Gasteiger partial charge in [-0.05, 0) is 24.5 Å². The summed E-state index contributed by atoms with van der Waals surface area (Å²) in [4.78, 5) is 14.4. The molecule has 22 heavy (non-hydrogen) atoms. The minimum absolute atomic E-state index is 0.0795. The molecule has 0 spiro atoms. The zero-order valence-electron chi connectivity index (χ0n) is 12.4. The van der Waals surface area contributed by atoms with E-state index in [-0.39, 0.29) is 5.91 Å². The van der Waals surface area contributed by atoms with Gasteiger partial charge in [-0.2, -0.15) is 5.10 Å². The second-order valence-electron chi connectivity index (χ2n) is 5.82. The van der Waals surface area contributed by atoms with Gasteiger partial charge < -0.3 is 14.7 Å². The van der Waals surface area contributed by atoms with Gasteiger partial charge in [0.15, 0.2) is 5.69 Å². The lowest BCUT2D eigenvalue weighted by Crippen LogP contribution is -2.36. The number of fused-ring (bicyclic) bond motifs is 1. The van der Waals surface area contributed by atoms with Crippen molar-refractivity contribution in [3.63, 3.8) is 0 Å². The molecule has 2 aliphatic rings. The predicted molar refractivity (Wildman–Crippen MR) is 78.5 cm³/mol. The van der Waals surface area contributed by atoms with Gasteiger partial charge in [0.2, 0.25) is 0 Å². The highest BCUT2D eigenvalue weighted by molar-refractivity contribution is 5.92. The van der Waals surface area contributed by atoms with E-state index in [1.807, 2.05) is 6.07 Å². The van der Waals surface area contributed by atoms with Crippen LogP contribution in [0.2, 0.25) is 0 Å². The zero-order chi connectivity index (χ0) is 15.1. The lowest BCUT2D eigenvalue weighted by atomic mass is 10.1. The molecule has 0 unspecified atom stereocenters. The number of carbonyl (C=O) groups excluding carboxylic acids is 1. The molecular weight excluding hydrogens is 282 g/mol. The van der Waals surface area contributed by atoms with Crippen LogP contribution in [0, 0.1) is 0 Å². The van der Waals surface area contributed by atoms with Crippen molar-refractivity contribution in [1.29, 1.82) is 0 Å². The zero-order valence-corrected chi connectivity index (χ0v) is 12.4. The number of nitrogens with zero attached hydrogens (tertiary/aromatic N) is 4. The lowest BCUT2D eigenvalue weighted by Gasteiger charge is -2.27. The Morgan fingerprint density at radius 1 is 1.36 bits per heavy atom. The van der Waals surface area contributed by atoms with Gasteiger partial charge in [-0.1, -0.05) is 5.16 Å². The Kier molecular flexibility index (Phi) is 3.06. The molecule has 4 rings (SSSR count). The Morgan fingerprint density at radius 3 is 3.00 bits per heavy atom. The molecule has 0 aromatic carbocycles. The Labute approximate surface area is 127 Å². The standard InChI is InChI=1S/C15H17N5O2/c1-16-14-6-10-8-20(5-4-11(10)17-18-14)15(21)12-7-13(22-19-12)9-2-3-9/h6-7,9H,2-5,8H2,1H3,(H,16,18). The smallest absolute Gasteiger partial charge is 0.276 e. The first kappa shape index (κ1) is 13.2. The highest BCUT2D eigenvalue weighted by Crippen LogP contribution is 2.40. The van der Waals surface area contributed by atoms with Crippen LogP contribution in [0.1, 0.15) is 46.3 Å². The summed E-state index contributed by atoms with van der Waals surface area (Å²) in [7, 11) is 1.80. The van der Waals surface area contributed by atoms with Crippen molar-refractivity contribution in [2.75, 3.05) is 18.9 Å². The predicted octanol–water partition coefficient (Wildman–Crippen LogP) is 1.58. The van der Waals surface area contributed by atoms with Crippen LogP contribution in [-0.4, -0.2) is 39.8 Å². The SMILES string of the molecule is CNc1cc2c(nn1)CCN(C(=O)c1cc(C3CC3)on1)C2. The fourth-order valence-electron chi connectivity index (χ4n) is 2.74. The number of aromatic nitrogens is 3. The number of amides is 1. The molecule has 1 saturated carbocycles. The molecule has 1 fully saturated rings. The summed E-state index contributed by atoms with van der Waals surface area (Å²) in [6, 6.07) is 3.74. The molecule has 114 valence electrons. The molecule has 1 aliphatic heterocycles. The largest absolute Gasteiger partial charge is 0.372 e. The van der Waals surface area contributed by atoms with Crippen molar-refractivity contribution in [2.24, 2.45) is 0 Å². The van der Waals surface area contributed by atoms with Crippen LogP contribution in [0.3, 0.4) is 0 Å². The van der Waals surface area contributed by atoms with Crippen LogP contribution in [0.25, 0.3) is 0 Å². The van der Waals surface area contributed by atoms with Crippen LogP contribution in [0.15, 0.2) is 16.7 Å². The maximum Gasteiger partial charge on any atom is 0.276 e. The van der Waals surface area contributed by atoms with Gasteiger partial charge >= 0.3 is 0 Å². The van der Waals surface area contributed by atoms with Crippen LogP contribution in [-0.2, 0) is 13.0 Å². The molecule has 0 radical (unpaired) electrons. The van der Waals surface area contributed by atoms with E-state index < -0.39 is 0 Å². The first-order valence-electron chi connectivity index (χ1n) is 7.53. The van der Waals surface area contributed by atoms with Gasteiger partial charge in [-0.15, -0.1) is 5.10 Å². The minimum Gasteiger partial charge on any atom is -0.372 e. The van der Waals surface area contributed by atoms with Crippen molar-refractivity contribution in [3.05, 3.63) is 34.8 Å². The maximum absolute atomic E-state index is 12.6. The van der Waals surface area contributed by atoms with Crippen molar-refractivity contribution in [3.8, 4) is 0 Å². The number of carbonyl (C=O) groups is 1. The van der Waals surface area contributed by atoms with Crippen LogP contribution in [0.4, 0.5) is 5.82 Å². The third-order valence-electron chi connectivity index (χ3n) is 4.21. The van der Waals surface area contributed by atoms with Crippen molar-refractivity contribution in [2.45, 2.75) is 31.7 Å². The van der Waals surface area contributed by atoms with Gasteiger partial charge in [0, 0.05) is 38.5 Å². The van der Waals surface area contributed by atoms with E-state index >= 15 is 0 Å². The van der Waals surface area contributed by atoms with E-state index in [2.05, 4.69) is 20.7 Å². The summed E-state index contributed by atoms with van der Waals surface area (Å²) in [5, 5.41) is 15.2. The van der Waals surface area contributed by atoms with Crippen molar-refractivity contribution in [1.82, 2.24) is 20.3 Å². The molecule has 0 saturated heterocycles. The molecule has 7 nitrogen and oxygen atoms in total. The van der Waals surface area contributed by atoms with E-state index in [0.29, 0.717) is 36.9 Å². The average Bonchev–Trinajstić information content (AvgIpc) is 3.30. The molecule has 2 aromatic heterocycles. The Balaban J connectivity index is 1.53. The van der Waals surface area contributed by atoms with Gasteiger partial charge in [-0.25, -0.2) is 0 Å². The summed E-state index contributed by atoms with van der Waals surface area (Å²) in [6.07, 6.45) is 2.97. The lowest BCUT2D eigenvalue weighted by molar-refractivity contribution is 0.0722. The molecule has 0 bridgehead atoms. The second kappa shape index (κ2) is 5.08. The topological polar surface area (TPSA) is 84.2 Å². The molecule has 1 aliphatic carbocycles. The molecule has 1 N–H and O–H groups in total. The Hall–Kier alpha value is -2.44. The molecule has 2 aromatic rings. The third kappa shape index (κ3) is 2.32. The summed E-state index contributed by atoms with van der Waals surface area (Å²) in [6.45, 7) is 1.16. The molecule has 7 heteroatoms. The number of nitrogens with one attached hydrogen (secondary N) is 1. The second-order valence-corrected chi connectivity index (χ2v) is 5.82. The van der Waals surface area contributed by atoms with E-state index in [1.165, 1.54) is 0 Å². The molecule has 3 heterocycles. The highest BCUT2D eigenvalue weighted by atomic mass is 16.5. The summed E-state index contributed by atoms with van der Waals surface area (Å²) in [5.74, 6) is 1.93. The van der Waals surface area contributed by atoms with Crippen molar-refractivity contribution < 1.29 is 9.32 Å². The Morgan fingerprint density at radius 2 is 2.23 bits per heavy atom. The fraction of sp³-hybridized carbons (Fsp3) is 0.467. The van der Waals surface area contributed by atoms with Crippen LogP contribution >= 0.6 is 0 Å². The van der Waals surface area contributed by atoms with Crippen LogP contribution in [0.5, 0.6) is 0 Å². The van der Waals surface area contributed by atoms with E-state index in [4.69, 9.17) is 4.52 Å². The third-order valence-corrected chi connectivity index (χ3v) is 4.21.